The fourth-order valence-electron chi connectivity index (χ4n) is 2.88. The van der Waals surface area contributed by atoms with E-state index in [1.54, 1.807) is 0 Å². The third-order valence-electron chi connectivity index (χ3n) is 3.99. The van der Waals surface area contributed by atoms with Gasteiger partial charge in [0, 0.05) is 36.2 Å². The molecule has 0 radical (unpaired) electrons. The monoisotopic (exact) mass is 283 g/mol. The van der Waals surface area contributed by atoms with E-state index >= 15 is 0 Å². The Morgan fingerprint density at radius 1 is 1.14 bits per heavy atom. The molecule has 1 N–H and O–H groups in total. The molecule has 3 nitrogen and oxygen atoms in total. The topological polar surface area (TPSA) is 28.2 Å². The van der Waals surface area contributed by atoms with Crippen LogP contribution in [0.15, 0.2) is 30.3 Å². The van der Waals surface area contributed by atoms with Crippen LogP contribution in [0.2, 0.25) is 0 Å². The van der Waals surface area contributed by atoms with Crippen LogP contribution in [-0.4, -0.2) is 23.6 Å². The van der Waals surface area contributed by atoms with E-state index in [0.29, 0.717) is 0 Å². The molecule has 0 unspecified atom stereocenters. The van der Waals surface area contributed by atoms with Crippen LogP contribution in [0.25, 0.3) is 10.9 Å². The van der Waals surface area contributed by atoms with E-state index < -0.39 is 0 Å². The average Bonchev–Trinajstić information content (AvgIpc) is 2.97. The molecule has 0 spiro atoms. The van der Waals surface area contributed by atoms with Gasteiger partial charge >= 0.3 is 0 Å². The number of rotatable bonds is 3. The maximum atomic E-state index is 4.82. The highest BCUT2D eigenvalue weighted by Gasteiger charge is 2.17. The van der Waals surface area contributed by atoms with Crippen LogP contribution >= 0.6 is 0 Å². The average molecular weight is 283 g/mol. The van der Waals surface area contributed by atoms with Crippen molar-refractivity contribution in [3.63, 3.8) is 0 Å². The minimum absolute atomic E-state index is 0.112. The van der Waals surface area contributed by atoms with Crippen molar-refractivity contribution in [2.75, 3.05) is 18.0 Å². The molecule has 3 rings (SSSR count). The van der Waals surface area contributed by atoms with Crippen molar-refractivity contribution in [3.8, 4) is 0 Å². The van der Waals surface area contributed by atoms with Crippen molar-refractivity contribution >= 4 is 16.6 Å². The van der Waals surface area contributed by atoms with E-state index in [1.807, 2.05) is 0 Å². The summed E-state index contributed by atoms with van der Waals surface area (Å²) >= 11 is 0. The molecule has 2 aromatic rings. The molecule has 3 heteroatoms. The number of pyridine rings is 1. The molecule has 21 heavy (non-hydrogen) atoms. The highest BCUT2D eigenvalue weighted by atomic mass is 15.1. The smallest absolute Gasteiger partial charge is 0.0726 e. The van der Waals surface area contributed by atoms with E-state index in [-0.39, 0.29) is 5.54 Å². The van der Waals surface area contributed by atoms with Crippen LogP contribution in [-0.2, 0) is 6.54 Å². The van der Waals surface area contributed by atoms with E-state index in [9.17, 15) is 0 Å². The number of hydrogen-bond donors (Lipinski definition) is 1. The first-order valence-corrected chi connectivity index (χ1v) is 7.92. The fraction of sp³-hybridized carbons (Fsp3) is 0.500. The fourth-order valence-corrected chi connectivity index (χ4v) is 2.88. The van der Waals surface area contributed by atoms with Crippen LogP contribution in [0.5, 0.6) is 0 Å². The largest absolute Gasteiger partial charge is 0.371 e. The molecule has 1 aromatic carbocycles. The minimum atomic E-state index is 0.112. The Morgan fingerprint density at radius 3 is 2.57 bits per heavy atom. The van der Waals surface area contributed by atoms with Crippen LogP contribution in [0, 0.1) is 0 Å². The number of fused-ring (bicyclic) bond motifs is 1. The van der Waals surface area contributed by atoms with Gasteiger partial charge in [0.25, 0.3) is 0 Å². The molecule has 1 aromatic heterocycles. The van der Waals surface area contributed by atoms with Gasteiger partial charge in [-0.2, -0.15) is 0 Å². The normalized spacial score (nSPS) is 15.9. The van der Waals surface area contributed by atoms with Crippen LogP contribution in [0.4, 0.5) is 5.69 Å². The quantitative estimate of drug-likeness (QED) is 0.930. The molecule has 0 saturated carbocycles. The predicted octanol–water partition coefficient (Wildman–Crippen LogP) is 3.72. The summed E-state index contributed by atoms with van der Waals surface area (Å²) in [6.07, 6.45) is 2.60. The van der Waals surface area contributed by atoms with Crippen molar-refractivity contribution in [1.82, 2.24) is 10.3 Å². The Labute approximate surface area is 127 Å². The van der Waals surface area contributed by atoms with Gasteiger partial charge < -0.3 is 10.2 Å². The summed E-state index contributed by atoms with van der Waals surface area (Å²) in [6.45, 7) is 9.72. The lowest BCUT2D eigenvalue weighted by Crippen LogP contribution is -2.35. The standard InChI is InChI=1S/C18H25N3/c1-18(2,3)19-13-14-12-17(21-10-6-7-11-21)15-8-4-5-9-16(15)20-14/h4-5,8-9,12,19H,6-7,10-11,13H2,1-3H3. The number of nitrogens with zero attached hydrogens (tertiary/aromatic N) is 2. The second kappa shape index (κ2) is 5.64. The first kappa shape index (κ1) is 14.3. The summed E-state index contributed by atoms with van der Waals surface area (Å²) in [5, 5.41) is 4.82. The molecule has 1 fully saturated rings. The molecule has 112 valence electrons. The number of anilines is 1. The summed E-state index contributed by atoms with van der Waals surface area (Å²) in [5.74, 6) is 0. The Hall–Kier alpha value is -1.61. The zero-order valence-electron chi connectivity index (χ0n) is 13.3. The third kappa shape index (κ3) is 3.35. The molecule has 0 amide bonds. The maximum Gasteiger partial charge on any atom is 0.0726 e. The first-order valence-electron chi connectivity index (χ1n) is 7.92. The summed E-state index contributed by atoms with van der Waals surface area (Å²) in [4.78, 5) is 7.33. The van der Waals surface area contributed by atoms with Gasteiger partial charge in [-0.05, 0) is 45.7 Å². The maximum absolute atomic E-state index is 4.82. The van der Waals surface area contributed by atoms with Crippen molar-refractivity contribution in [3.05, 3.63) is 36.0 Å². The highest BCUT2D eigenvalue weighted by molar-refractivity contribution is 5.92. The molecule has 0 aliphatic carbocycles. The Kier molecular flexibility index (Phi) is 3.85. The predicted molar refractivity (Wildman–Crippen MR) is 89.8 cm³/mol. The number of para-hydroxylation sites is 1. The number of nitrogens with one attached hydrogen (secondary N) is 1. The Bertz CT molecular complexity index is 622. The zero-order valence-corrected chi connectivity index (χ0v) is 13.3. The molecule has 1 saturated heterocycles. The van der Waals surface area contributed by atoms with Gasteiger partial charge in [-0.25, -0.2) is 0 Å². The third-order valence-corrected chi connectivity index (χ3v) is 3.99. The van der Waals surface area contributed by atoms with E-state index in [0.717, 1.165) is 17.8 Å². The van der Waals surface area contributed by atoms with Crippen LogP contribution < -0.4 is 10.2 Å². The van der Waals surface area contributed by atoms with Gasteiger partial charge in [-0.1, -0.05) is 18.2 Å². The summed E-state index contributed by atoms with van der Waals surface area (Å²) < 4.78 is 0. The van der Waals surface area contributed by atoms with Gasteiger partial charge in [0.1, 0.15) is 0 Å². The molecule has 2 heterocycles. The number of benzene rings is 1. The van der Waals surface area contributed by atoms with Crippen LogP contribution in [0.1, 0.15) is 39.3 Å². The number of hydrogen-bond acceptors (Lipinski definition) is 3. The van der Waals surface area contributed by atoms with Gasteiger partial charge in [0.2, 0.25) is 0 Å². The van der Waals surface area contributed by atoms with E-state index in [1.165, 1.54) is 37.0 Å². The second-order valence-corrected chi connectivity index (χ2v) is 6.95. The van der Waals surface area contributed by atoms with Gasteiger partial charge in [-0.15, -0.1) is 0 Å². The summed E-state index contributed by atoms with van der Waals surface area (Å²) in [7, 11) is 0. The molecule has 0 bridgehead atoms. The first-order chi connectivity index (χ1) is 10.0. The van der Waals surface area contributed by atoms with E-state index in [2.05, 4.69) is 61.3 Å². The second-order valence-electron chi connectivity index (χ2n) is 6.95. The van der Waals surface area contributed by atoms with Crippen molar-refractivity contribution < 1.29 is 0 Å². The Balaban J connectivity index is 1.98. The highest BCUT2D eigenvalue weighted by Crippen LogP contribution is 2.29. The lowest BCUT2D eigenvalue weighted by molar-refractivity contribution is 0.421. The minimum Gasteiger partial charge on any atom is -0.371 e. The van der Waals surface area contributed by atoms with Crippen LogP contribution in [0.3, 0.4) is 0 Å². The lowest BCUT2D eigenvalue weighted by Gasteiger charge is -2.23. The zero-order chi connectivity index (χ0) is 14.9. The van der Waals surface area contributed by atoms with Crippen molar-refractivity contribution in [2.45, 2.75) is 45.7 Å². The molecule has 1 aliphatic heterocycles. The summed E-state index contributed by atoms with van der Waals surface area (Å²) in [5.41, 5.74) is 3.70. The SMILES string of the molecule is CC(C)(C)NCc1cc(N2CCCC2)c2ccccc2n1. The van der Waals surface area contributed by atoms with Crippen molar-refractivity contribution in [1.29, 1.82) is 0 Å². The molecule has 1 aliphatic rings. The molecular formula is C18H25N3. The van der Waals surface area contributed by atoms with Gasteiger partial charge in [0.05, 0.1) is 11.2 Å². The molecular weight excluding hydrogens is 258 g/mol. The van der Waals surface area contributed by atoms with Gasteiger partial charge in [0.15, 0.2) is 0 Å². The lowest BCUT2D eigenvalue weighted by atomic mass is 10.1. The molecule has 0 atom stereocenters. The van der Waals surface area contributed by atoms with Gasteiger partial charge in [-0.3, -0.25) is 4.98 Å². The number of aromatic nitrogens is 1. The van der Waals surface area contributed by atoms with Crippen molar-refractivity contribution in [2.24, 2.45) is 0 Å². The Morgan fingerprint density at radius 2 is 1.86 bits per heavy atom. The van der Waals surface area contributed by atoms with E-state index in [4.69, 9.17) is 4.98 Å². The summed E-state index contributed by atoms with van der Waals surface area (Å²) in [6, 6.07) is 10.8.